The molecule has 3 rings (SSSR count). The molecule has 0 aliphatic carbocycles. The van der Waals surface area contributed by atoms with Crippen molar-refractivity contribution in [3.8, 4) is 11.5 Å². The van der Waals surface area contributed by atoms with Gasteiger partial charge in [-0.3, -0.25) is 9.59 Å². The number of hydrogen-bond donors (Lipinski definition) is 2. The van der Waals surface area contributed by atoms with Crippen molar-refractivity contribution in [1.82, 2.24) is 4.90 Å². The normalized spacial score (nSPS) is 11.6. The van der Waals surface area contributed by atoms with E-state index >= 15 is 0 Å². The second-order valence-electron chi connectivity index (χ2n) is 9.43. The Morgan fingerprint density at radius 3 is 1.90 bits per heavy atom. The van der Waals surface area contributed by atoms with Crippen molar-refractivity contribution in [2.75, 3.05) is 46.6 Å². The van der Waals surface area contributed by atoms with E-state index in [0.29, 0.717) is 32.1 Å². The Labute approximate surface area is 241 Å². The van der Waals surface area contributed by atoms with Gasteiger partial charge < -0.3 is 29.3 Å². The second kappa shape index (κ2) is 16.8. The first-order valence-electron chi connectivity index (χ1n) is 13.8. The Morgan fingerprint density at radius 1 is 0.732 bits per heavy atom. The lowest BCUT2D eigenvalue weighted by Gasteiger charge is -2.18. The van der Waals surface area contributed by atoms with Crippen LogP contribution in [0.25, 0.3) is 11.1 Å². The van der Waals surface area contributed by atoms with Gasteiger partial charge in [-0.05, 0) is 58.5 Å². The minimum Gasteiger partial charge on any atom is -0.508 e. The molecule has 0 spiro atoms. The smallest absolute Gasteiger partial charge is 0.305 e. The van der Waals surface area contributed by atoms with Crippen LogP contribution in [0.5, 0.6) is 11.5 Å². The van der Waals surface area contributed by atoms with E-state index in [9.17, 15) is 14.7 Å². The van der Waals surface area contributed by atoms with Crippen molar-refractivity contribution in [2.24, 2.45) is 0 Å². The van der Waals surface area contributed by atoms with Gasteiger partial charge in [0.05, 0.1) is 45.8 Å². The number of hydrogen-bond acceptors (Lipinski definition) is 6. The van der Waals surface area contributed by atoms with E-state index in [1.807, 2.05) is 54.6 Å². The summed E-state index contributed by atoms with van der Waals surface area (Å²) >= 11 is 0. The molecule has 1 amide bonds. The number of benzene rings is 3. The van der Waals surface area contributed by atoms with E-state index in [1.165, 1.54) is 5.57 Å². The van der Waals surface area contributed by atoms with Crippen molar-refractivity contribution in [1.29, 1.82) is 0 Å². The van der Waals surface area contributed by atoms with Crippen LogP contribution in [0.2, 0.25) is 0 Å². The number of aromatic hydroxyl groups is 1. The average molecular weight is 562 g/mol. The number of carboxylic acids is 1. The van der Waals surface area contributed by atoms with Crippen LogP contribution >= 0.6 is 0 Å². The van der Waals surface area contributed by atoms with E-state index in [0.717, 1.165) is 28.7 Å². The standard InChI is InChI=1S/C33H39NO7/c1-3-30(25-7-5-4-6-8-25)33(26-9-13-28(35)14-10-26)27-11-15-29(16-12-27)41-22-19-34(2)31(36)17-20-39-23-24-40-21-18-32(37)38/h4-16,35H,3,17-24H2,1-2H3,(H,37,38)/b33-30-. The van der Waals surface area contributed by atoms with Gasteiger partial charge in [-0.2, -0.15) is 0 Å². The molecule has 3 aromatic carbocycles. The summed E-state index contributed by atoms with van der Waals surface area (Å²) in [5.41, 5.74) is 5.53. The van der Waals surface area contributed by atoms with Gasteiger partial charge in [-0.1, -0.05) is 61.5 Å². The zero-order valence-electron chi connectivity index (χ0n) is 23.8. The maximum atomic E-state index is 12.4. The molecule has 8 nitrogen and oxygen atoms in total. The molecule has 8 heteroatoms. The summed E-state index contributed by atoms with van der Waals surface area (Å²) in [6, 6.07) is 25.5. The molecule has 0 heterocycles. The Bertz CT molecular complexity index is 1260. The molecule has 0 aliphatic heterocycles. The van der Waals surface area contributed by atoms with Gasteiger partial charge in [-0.25, -0.2) is 0 Å². The second-order valence-corrected chi connectivity index (χ2v) is 9.43. The minimum atomic E-state index is -0.901. The van der Waals surface area contributed by atoms with Crippen LogP contribution in [0.15, 0.2) is 78.9 Å². The quantitative estimate of drug-likeness (QED) is 0.166. The van der Waals surface area contributed by atoms with E-state index in [2.05, 4.69) is 19.1 Å². The van der Waals surface area contributed by atoms with E-state index < -0.39 is 5.97 Å². The fourth-order valence-electron chi connectivity index (χ4n) is 4.28. The first-order chi connectivity index (χ1) is 19.9. The molecule has 0 atom stereocenters. The monoisotopic (exact) mass is 561 g/mol. The number of carboxylic acid groups (broad SMARTS) is 1. The molecule has 218 valence electrons. The number of aliphatic carboxylic acids is 1. The number of rotatable bonds is 17. The van der Waals surface area contributed by atoms with Crippen LogP contribution in [0, 0.1) is 0 Å². The maximum Gasteiger partial charge on any atom is 0.305 e. The van der Waals surface area contributed by atoms with Gasteiger partial charge in [0, 0.05) is 7.05 Å². The summed E-state index contributed by atoms with van der Waals surface area (Å²) in [5, 5.41) is 18.4. The lowest BCUT2D eigenvalue weighted by Crippen LogP contribution is -2.31. The topological polar surface area (TPSA) is 106 Å². The van der Waals surface area contributed by atoms with Crippen LogP contribution in [0.4, 0.5) is 0 Å². The van der Waals surface area contributed by atoms with Gasteiger partial charge >= 0.3 is 5.97 Å². The molecule has 41 heavy (non-hydrogen) atoms. The molecule has 2 N–H and O–H groups in total. The number of allylic oxidation sites excluding steroid dienone is 1. The third kappa shape index (κ3) is 10.4. The number of likely N-dealkylation sites (N-methyl/N-ethyl adjacent to an activating group) is 1. The molecule has 0 saturated heterocycles. The molecular formula is C33H39NO7. The summed E-state index contributed by atoms with van der Waals surface area (Å²) in [6.45, 7) is 3.95. The van der Waals surface area contributed by atoms with Gasteiger partial charge in [0.2, 0.25) is 5.91 Å². The molecule has 0 aromatic heterocycles. The van der Waals surface area contributed by atoms with Crippen LogP contribution in [-0.4, -0.2) is 73.6 Å². The number of carbonyl (C=O) groups is 2. The summed E-state index contributed by atoms with van der Waals surface area (Å²) in [5.74, 6) is -0.0110. The fraction of sp³-hybridized carbons (Fsp3) is 0.333. The van der Waals surface area contributed by atoms with Crippen molar-refractivity contribution >= 4 is 23.0 Å². The van der Waals surface area contributed by atoms with E-state index in [4.69, 9.17) is 19.3 Å². The highest BCUT2D eigenvalue weighted by Gasteiger charge is 2.14. The van der Waals surface area contributed by atoms with Gasteiger partial charge in [0.15, 0.2) is 0 Å². The van der Waals surface area contributed by atoms with Crippen LogP contribution in [0.1, 0.15) is 42.9 Å². The van der Waals surface area contributed by atoms with Crippen LogP contribution < -0.4 is 4.74 Å². The molecule has 0 aliphatic rings. The molecule has 3 aromatic rings. The van der Waals surface area contributed by atoms with Crippen LogP contribution in [0.3, 0.4) is 0 Å². The molecule has 0 radical (unpaired) electrons. The van der Waals surface area contributed by atoms with Gasteiger partial charge in [0.25, 0.3) is 0 Å². The Morgan fingerprint density at radius 2 is 1.32 bits per heavy atom. The minimum absolute atomic E-state index is 0.0402. The predicted octanol–water partition coefficient (Wildman–Crippen LogP) is 5.50. The fourth-order valence-corrected chi connectivity index (χ4v) is 4.28. The average Bonchev–Trinajstić information content (AvgIpc) is 2.98. The number of amides is 1. The van der Waals surface area contributed by atoms with Crippen LogP contribution in [-0.2, 0) is 19.1 Å². The largest absolute Gasteiger partial charge is 0.508 e. The number of carbonyl (C=O) groups excluding carboxylic acids is 1. The highest BCUT2D eigenvalue weighted by atomic mass is 16.5. The Balaban J connectivity index is 1.53. The zero-order valence-corrected chi connectivity index (χ0v) is 23.8. The highest BCUT2D eigenvalue weighted by molar-refractivity contribution is 5.98. The lowest BCUT2D eigenvalue weighted by atomic mass is 9.88. The molecule has 0 fully saturated rings. The Kier molecular flexibility index (Phi) is 12.9. The summed E-state index contributed by atoms with van der Waals surface area (Å²) in [6.07, 6.45) is 1.04. The molecule has 0 saturated carbocycles. The van der Waals surface area contributed by atoms with Gasteiger partial charge in [0.1, 0.15) is 18.1 Å². The number of phenols is 1. The first kappa shape index (κ1) is 31.4. The summed E-state index contributed by atoms with van der Waals surface area (Å²) in [7, 11) is 1.73. The number of nitrogens with zero attached hydrogens (tertiary/aromatic N) is 1. The SMILES string of the molecule is CC/C(=C(\c1ccc(O)cc1)c1ccc(OCCN(C)C(=O)CCOCCOCCC(=O)O)cc1)c1ccccc1. The van der Waals surface area contributed by atoms with Gasteiger partial charge in [-0.15, -0.1) is 0 Å². The van der Waals surface area contributed by atoms with Crippen molar-refractivity contribution in [2.45, 2.75) is 26.2 Å². The van der Waals surface area contributed by atoms with Crippen molar-refractivity contribution in [3.63, 3.8) is 0 Å². The van der Waals surface area contributed by atoms with E-state index in [-0.39, 0.29) is 37.7 Å². The van der Waals surface area contributed by atoms with E-state index in [1.54, 1.807) is 24.1 Å². The Hall–Kier alpha value is -4.14. The predicted molar refractivity (Wildman–Crippen MR) is 159 cm³/mol. The summed E-state index contributed by atoms with van der Waals surface area (Å²) in [4.78, 5) is 24.4. The maximum absolute atomic E-state index is 12.4. The molecular weight excluding hydrogens is 522 g/mol. The van der Waals surface area contributed by atoms with Crippen molar-refractivity contribution < 1.29 is 34.0 Å². The highest BCUT2D eigenvalue weighted by Crippen LogP contribution is 2.35. The number of phenolic OH excluding ortho intramolecular Hbond substituents is 1. The molecule has 0 unspecified atom stereocenters. The number of ether oxygens (including phenoxy) is 3. The third-order valence-electron chi connectivity index (χ3n) is 6.49. The third-order valence-corrected chi connectivity index (χ3v) is 6.49. The zero-order chi connectivity index (χ0) is 29.5. The van der Waals surface area contributed by atoms with Crippen molar-refractivity contribution in [3.05, 3.63) is 95.6 Å². The first-order valence-corrected chi connectivity index (χ1v) is 13.8. The summed E-state index contributed by atoms with van der Waals surface area (Å²) < 4.78 is 16.5. The molecule has 0 bridgehead atoms. The lowest BCUT2D eigenvalue weighted by molar-refractivity contribution is -0.138.